The lowest BCUT2D eigenvalue weighted by atomic mass is 10.1. The van der Waals surface area contributed by atoms with Gasteiger partial charge in [-0.15, -0.1) is 0 Å². The summed E-state index contributed by atoms with van der Waals surface area (Å²) in [4.78, 5) is 11.9. The van der Waals surface area contributed by atoms with E-state index >= 15 is 0 Å². The van der Waals surface area contributed by atoms with E-state index in [1.54, 1.807) is 13.8 Å². The van der Waals surface area contributed by atoms with Gasteiger partial charge in [-0.05, 0) is 13.8 Å². The van der Waals surface area contributed by atoms with Gasteiger partial charge in [0.25, 0.3) is 5.91 Å². The number of nitrogens with zero attached hydrogens (tertiary/aromatic N) is 1. The number of methoxy groups -OCH3 is 1. The number of amides is 1. The van der Waals surface area contributed by atoms with Gasteiger partial charge in [0.2, 0.25) is 0 Å². The normalized spacial score (nSPS) is 11.2. The first-order valence-corrected chi connectivity index (χ1v) is 4.99. The van der Waals surface area contributed by atoms with Crippen molar-refractivity contribution in [2.45, 2.75) is 19.4 Å². The predicted molar refractivity (Wildman–Crippen MR) is 64.2 cm³/mol. The third-order valence-electron chi connectivity index (χ3n) is 2.20. The third-order valence-corrected chi connectivity index (χ3v) is 2.42. The first-order valence-electron chi connectivity index (χ1n) is 4.58. The number of H-pyrrole nitrogens is 1. The van der Waals surface area contributed by atoms with E-state index in [1.807, 2.05) is 0 Å². The molecule has 0 spiro atoms. The number of anilines is 1. The topological polar surface area (TPSA) is 93.0 Å². The lowest BCUT2D eigenvalue weighted by Crippen LogP contribution is -2.39. The second-order valence-electron chi connectivity index (χ2n) is 3.69. The van der Waals surface area contributed by atoms with Gasteiger partial charge < -0.3 is 15.8 Å². The largest absolute Gasteiger partial charge is 0.389 e. The number of rotatable bonds is 4. The minimum absolute atomic E-state index is 0.166. The molecular formula is C9H14N4O2S. The fraction of sp³-hybridized carbons (Fsp3) is 0.444. The highest BCUT2D eigenvalue weighted by atomic mass is 32.1. The van der Waals surface area contributed by atoms with Gasteiger partial charge in [-0.25, -0.2) is 0 Å². The van der Waals surface area contributed by atoms with Gasteiger partial charge in [0.05, 0.1) is 11.8 Å². The predicted octanol–water partition coefficient (Wildman–Crippen LogP) is 0.407. The van der Waals surface area contributed by atoms with E-state index < -0.39 is 5.60 Å². The van der Waals surface area contributed by atoms with Crippen molar-refractivity contribution in [2.24, 2.45) is 5.73 Å². The Labute approximate surface area is 98.5 Å². The summed E-state index contributed by atoms with van der Waals surface area (Å²) in [6.45, 7) is 3.30. The standard InChI is InChI=1S/C9H14N4O2S/c1-9(2,15-3)8(14)12-7-5(6(10)16)4-11-13-7/h4H,1-3H3,(H2,10,16)(H2,11,12,13,14). The summed E-state index contributed by atoms with van der Waals surface area (Å²) >= 11 is 4.81. The molecular weight excluding hydrogens is 228 g/mol. The fourth-order valence-corrected chi connectivity index (χ4v) is 1.08. The maximum atomic E-state index is 11.8. The van der Waals surface area contributed by atoms with Gasteiger partial charge in [0.15, 0.2) is 0 Å². The number of thiocarbonyl (C=S) groups is 1. The van der Waals surface area contributed by atoms with Gasteiger partial charge in [0, 0.05) is 7.11 Å². The SMILES string of the molecule is COC(C)(C)C(=O)Nc1[nH]ncc1C(N)=S. The average molecular weight is 242 g/mol. The van der Waals surface area contributed by atoms with Gasteiger partial charge in [0.1, 0.15) is 16.4 Å². The molecule has 7 heteroatoms. The molecule has 0 saturated carbocycles. The number of carbonyl (C=O) groups is 1. The Morgan fingerprint density at radius 1 is 1.69 bits per heavy atom. The van der Waals surface area contributed by atoms with E-state index in [9.17, 15) is 4.79 Å². The minimum atomic E-state index is -0.932. The van der Waals surface area contributed by atoms with Gasteiger partial charge in [-0.3, -0.25) is 9.89 Å². The number of nitrogens with one attached hydrogen (secondary N) is 2. The molecule has 0 aliphatic carbocycles. The Hall–Kier alpha value is -1.47. The summed E-state index contributed by atoms with van der Waals surface area (Å²) < 4.78 is 5.04. The maximum absolute atomic E-state index is 11.8. The monoisotopic (exact) mass is 242 g/mol. The molecule has 88 valence electrons. The van der Waals surface area contributed by atoms with E-state index in [2.05, 4.69) is 15.5 Å². The Bertz CT molecular complexity index is 413. The molecule has 0 aliphatic heterocycles. The van der Waals surface area contributed by atoms with Crippen LogP contribution in [0.1, 0.15) is 19.4 Å². The van der Waals surface area contributed by atoms with Crippen LogP contribution in [0.3, 0.4) is 0 Å². The van der Waals surface area contributed by atoms with Crippen LogP contribution >= 0.6 is 12.2 Å². The van der Waals surface area contributed by atoms with Crippen LogP contribution in [0.5, 0.6) is 0 Å². The molecule has 0 bridgehead atoms. The van der Waals surface area contributed by atoms with Crippen LogP contribution in [0.2, 0.25) is 0 Å². The molecule has 0 radical (unpaired) electrons. The van der Waals surface area contributed by atoms with E-state index in [0.29, 0.717) is 11.4 Å². The van der Waals surface area contributed by atoms with Crippen LogP contribution in [0.25, 0.3) is 0 Å². The zero-order valence-electron chi connectivity index (χ0n) is 9.33. The van der Waals surface area contributed by atoms with E-state index in [1.165, 1.54) is 13.3 Å². The van der Waals surface area contributed by atoms with Crippen molar-refractivity contribution in [1.29, 1.82) is 0 Å². The van der Waals surface area contributed by atoms with Gasteiger partial charge in [-0.2, -0.15) is 5.10 Å². The average Bonchev–Trinajstić information content (AvgIpc) is 2.65. The maximum Gasteiger partial charge on any atom is 0.257 e. The summed E-state index contributed by atoms with van der Waals surface area (Å²) in [6, 6.07) is 0. The number of ether oxygens (including phenoxy) is 1. The van der Waals surface area contributed by atoms with Crippen molar-refractivity contribution in [3.05, 3.63) is 11.8 Å². The highest BCUT2D eigenvalue weighted by Gasteiger charge is 2.28. The summed E-state index contributed by atoms with van der Waals surface area (Å²) in [6.07, 6.45) is 1.46. The number of aromatic amines is 1. The number of hydrogen-bond donors (Lipinski definition) is 3. The second-order valence-corrected chi connectivity index (χ2v) is 4.13. The Balaban J connectivity index is 2.85. The Kier molecular flexibility index (Phi) is 3.61. The molecule has 0 fully saturated rings. The van der Waals surface area contributed by atoms with Crippen LogP contribution < -0.4 is 11.1 Å². The van der Waals surface area contributed by atoms with E-state index in [4.69, 9.17) is 22.7 Å². The number of carbonyl (C=O) groups excluding carboxylic acids is 1. The minimum Gasteiger partial charge on any atom is -0.389 e. The van der Waals surface area contributed by atoms with Crippen molar-refractivity contribution in [2.75, 3.05) is 12.4 Å². The first-order chi connectivity index (χ1) is 7.38. The molecule has 0 aromatic carbocycles. The molecule has 1 amide bonds. The smallest absolute Gasteiger partial charge is 0.257 e. The van der Waals surface area contributed by atoms with Crippen molar-refractivity contribution in [1.82, 2.24) is 10.2 Å². The molecule has 6 nitrogen and oxygen atoms in total. The molecule has 1 heterocycles. The summed E-state index contributed by atoms with van der Waals surface area (Å²) in [5, 5.41) is 8.98. The van der Waals surface area contributed by atoms with Gasteiger partial charge >= 0.3 is 0 Å². The zero-order chi connectivity index (χ0) is 12.3. The molecule has 16 heavy (non-hydrogen) atoms. The molecule has 1 rings (SSSR count). The number of hydrogen-bond acceptors (Lipinski definition) is 4. The highest BCUT2D eigenvalue weighted by molar-refractivity contribution is 7.80. The summed E-state index contributed by atoms with van der Waals surface area (Å²) in [7, 11) is 1.46. The zero-order valence-corrected chi connectivity index (χ0v) is 10.1. The molecule has 0 atom stereocenters. The third kappa shape index (κ3) is 2.56. The molecule has 0 unspecified atom stereocenters. The van der Waals surface area contributed by atoms with Crippen LogP contribution in [0.4, 0.5) is 5.82 Å². The number of aromatic nitrogens is 2. The van der Waals surface area contributed by atoms with E-state index in [-0.39, 0.29) is 10.9 Å². The Morgan fingerprint density at radius 2 is 2.31 bits per heavy atom. The lowest BCUT2D eigenvalue weighted by Gasteiger charge is -2.21. The van der Waals surface area contributed by atoms with Gasteiger partial charge in [-0.1, -0.05) is 12.2 Å². The Morgan fingerprint density at radius 3 is 2.81 bits per heavy atom. The van der Waals surface area contributed by atoms with Crippen molar-refractivity contribution in [3.8, 4) is 0 Å². The summed E-state index contributed by atoms with van der Waals surface area (Å²) in [5.74, 6) is 0.0689. The quantitative estimate of drug-likeness (QED) is 0.665. The molecule has 0 aliphatic rings. The van der Waals surface area contributed by atoms with Crippen LogP contribution in [-0.2, 0) is 9.53 Å². The van der Waals surface area contributed by atoms with Crippen molar-refractivity contribution < 1.29 is 9.53 Å². The van der Waals surface area contributed by atoms with Crippen LogP contribution in [-0.4, -0.2) is 33.8 Å². The van der Waals surface area contributed by atoms with Crippen molar-refractivity contribution in [3.63, 3.8) is 0 Å². The highest BCUT2D eigenvalue weighted by Crippen LogP contribution is 2.15. The first kappa shape index (κ1) is 12.6. The molecule has 4 N–H and O–H groups in total. The molecule has 1 aromatic rings. The summed E-state index contributed by atoms with van der Waals surface area (Å²) in [5.41, 5.74) is 5.03. The molecule has 1 aromatic heterocycles. The van der Waals surface area contributed by atoms with E-state index in [0.717, 1.165) is 0 Å². The lowest BCUT2D eigenvalue weighted by molar-refractivity contribution is -0.133. The van der Waals surface area contributed by atoms with Crippen molar-refractivity contribution >= 4 is 28.9 Å². The fourth-order valence-electron chi connectivity index (χ4n) is 0.925. The second kappa shape index (κ2) is 4.58. The van der Waals surface area contributed by atoms with Crippen LogP contribution in [0, 0.1) is 0 Å². The number of nitrogens with two attached hydrogens (primary N) is 1. The van der Waals surface area contributed by atoms with Crippen LogP contribution in [0.15, 0.2) is 6.20 Å². The molecule has 0 saturated heterocycles.